The molecule has 0 saturated heterocycles. The van der Waals surface area contributed by atoms with E-state index in [4.69, 9.17) is 28.4 Å². The van der Waals surface area contributed by atoms with Crippen molar-refractivity contribution in [2.75, 3.05) is 19.8 Å². The first-order valence-electron chi connectivity index (χ1n) is 12.8. The quantitative estimate of drug-likeness (QED) is 0.156. The van der Waals surface area contributed by atoms with Crippen molar-refractivity contribution < 1.29 is 28.4 Å². The summed E-state index contributed by atoms with van der Waals surface area (Å²) in [4.78, 5) is 3.31. The molecule has 0 amide bonds. The molecular weight excluding hydrogens is 488 g/mol. The zero-order valence-electron chi connectivity index (χ0n) is 22.6. The van der Waals surface area contributed by atoms with Gasteiger partial charge < -0.3 is 28.4 Å². The van der Waals surface area contributed by atoms with Crippen molar-refractivity contribution in [1.29, 1.82) is 0 Å². The van der Waals surface area contributed by atoms with E-state index < -0.39 is 10.9 Å². The molecule has 3 rings (SSSR count). The van der Waals surface area contributed by atoms with Crippen LogP contribution in [0.2, 0.25) is 0 Å². The molecule has 0 aliphatic heterocycles. The molecule has 0 N–H and O–H groups in total. The standard InChI is InChI=1S/C30H39O6S/c1-7-31-22(4)34-25-13-10-16-28(19-25)37(29-17-11-14-26(20-29)35-23(5)32-8-2)30-18-12-15-27(21-30)36-24(6)33-9-3/h10-24H,7-9H2,1-6H3/q+1. The second-order valence-electron chi connectivity index (χ2n) is 8.15. The molecular formula is C30H39O6S+. The van der Waals surface area contributed by atoms with Crippen molar-refractivity contribution in [3.63, 3.8) is 0 Å². The molecule has 7 heteroatoms. The van der Waals surface area contributed by atoms with Gasteiger partial charge in [0, 0.05) is 38.0 Å². The first-order valence-corrected chi connectivity index (χ1v) is 14.0. The summed E-state index contributed by atoms with van der Waals surface area (Å²) >= 11 is 0. The van der Waals surface area contributed by atoms with Crippen LogP contribution in [0.5, 0.6) is 17.2 Å². The van der Waals surface area contributed by atoms with Crippen molar-refractivity contribution in [3.05, 3.63) is 72.8 Å². The summed E-state index contributed by atoms with van der Waals surface area (Å²) in [6.45, 7) is 13.3. The maximum absolute atomic E-state index is 6.02. The summed E-state index contributed by atoms with van der Waals surface area (Å²) in [7, 11) is -0.464. The number of benzene rings is 3. The zero-order valence-corrected chi connectivity index (χ0v) is 23.5. The Morgan fingerprint density at radius 2 is 0.811 bits per heavy atom. The molecule has 37 heavy (non-hydrogen) atoms. The lowest BCUT2D eigenvalue weighted by atomic mass is 10.3. The van der Waals surface area contributed by atoms with Crippen molar-refractivity contribution in [3.8, 4) is 17.2 Å². The molecule has 0 saturated carbocycles. The van der Waals surface area contributed by atoms with Gasteiger partial charge in [-0.1, -0.05) is 18.2 Å². The van der Waals surface area contributed by atoms with Gasteiger partial charge in [0.05, 0.1) is 10.9 Å². The van der Waals surface area contributed by atoms with Crippen LogP contribution in [0.4, 0.5) is 0 Å². The van der Waals surface area contributed by atoms with Gasteiger partial charge in [0.25, 0.3) is 0 Å². The fourth-order valence-electron chi connectivity index (χ4n) is 3.81. The molecule has 0 fully saturated rings. The van der Waals surface area contributed by atoms with Crippen molar-refractivity contribution >= 4 is 10.9 Å². The van der Waals surface area contributed by atoms with E-state index in [2.05, 4.69) is 36.4 Å². The third-order valence-electron chi connectivity index (χ3n) is 5.23. The lowest BCUT2D eigenvalue weighted by Crippen LogP contribution is -2.17. The van der Waals surface area contributed by atoms with Gasteiger partial charge in [-0.25, -0.2) is 0 Å². The van der Waals surface area contributed by atoms with Crippen LogP contribution in [-0.2, 0) is 25.1 Å². The van der Waals surface area contributed by atoms with Gasteiger partial charge in [-0.05, 0) is 77.9 Å². The molecule has 3 unspecified atom stereocenters. The molecule has 6 nitrogen and oxygen atoms in total. The Morgan fingerprint density at radius 3 is 1.08 bits per heavy atom. The Morgan fingerprint density at radius 1 is 0.514 bits per heavy atom. The lowest BCUT2D eigenvalue weighted by Gasteiger charge is -2.17. The van der Waals surface area contributed by atoms with Crippen molar-refractivity contribution in [2.45, 2.75) is 75.1 Å². The normalized spacial score (nSPS) is 14.4. The third kappa shape index (κ3) is 8.97. The van der Waals surface area contributed by atoms with Gasteiger partial charge in [0.1, 0.15) is 17.2 Å². The Balaban J connectivity index is 2.01. The van der Waals surface area contributed by atoms with Crippen LogP contribution < -0.4 is 14.2 Å². The average molecular weight is 528 g/mol. The van der Waals surface area contributed by atoms with Crippen LogP contribution in [0.1, 0.15) is 41.5 Å². The van der Waals surface area contributed by atoms with Gasteiger partial charge in [-0.15, -0.1) is 0 Å². The monoisotopic (exact) mass is 527 g/mol. The van der Waals surface area contributed by atoms with Crippen LogP contribution >= 0.6 is 0 Å². The van der Waals surface area contributed by atoms with E-state index in [1.54, 1.807) is 0 Å². The summed E-state index contributed by atoms with van der Waals surface area (Å²) in [5.74, 6) is 2.27. The fourth-order valence-corrected chi connectivity index (χ4v) is 5.98. The maximum Gasteiger partial charge on any atom is 0.196 e. The van der Waals surface area contributed by atoms with Crippen LogP contribution in [0.3, 0.4) is 0 Å². The van der Waals surface area contributed by atoms with Crippen LogP contribution in [0.15, 0.2) is 87.5 Å². The molecule has 3 aromatic carbocycles. The molecule has 0 aliphatic carbocycles. The van der Waals surface area contributed by atoms with E-state index in [0.29, 0.717) is 19.8 Å². The van der Waals surface area contributed by atoms with Crippen LogP contribution in [-0.4, -0.2) is 38.7 Å². The highest BCUT2D eigenvalue weighted by Crippen LogP contribution is 2.36. The van der Waals surface area contributed by atoms with Crippen LogP contribution in [0, 0.1) is 0 Å². The topological polar surface area (TPSA) is 55.4 Å². The number of ether oxygens (including phenoxy) is 6. The molecule has 0 bridgehead atoms. The van der Waals surface area contributed by atoms with Gasteiger partial charge >= 0.3 is 0 Å². The van der Waals surface area contributed by atoms with Gasteiger partial charge in [-0.2, -0.15) is 0 Å². The largest absolute Gasteiger partial charge is 0.465 e. The molecule has 0 spiro atoms. The minimum Gasteiger partial charge on any atom is -0.465 e. The zero-order chi connectivity index (χ0) is 26.6. The molecule has 0 aliphatic rings. The Bertz CT molecular complexity index is 954. The van der Waals surface area contributed by atoms with E-state index in [9.17, 15) is 0 Å². The highest BCUT2D eigenvalue weighted by atomic mass is 32.2. The number of rotatable bonds is 15. The van der Waals surface area contributed by atoms with Gasteiger partial charge in [0.15, 0.2) is 33.6 Å². The highest BCUT2D eigenvalue weighted by molar-refractivity contribution is 7.97. The van der Waals surface area contributed by atoms with Crippen molar-refractivity contribution in [2.24, 2.45) is 0 Å². The predicted octanol–water partition coefficient (Wildman–Crippen LogP) is 7.07. The smallest absolute Gasteiger partial charge is 0.196 e. The molecule has 200 valence electrons. The van der Waals surface area contributed by atoms with Gasteiger partial charge in [-0.3, -0.25) is 0 Å². The summed E-state index contributed by atoms with van der Waals surface area (Å²) < 4.78 is 34.8. The first kappa shape index (κ1) is 28.9. The first-order chi connectivity index (χ1) is 17.9. The Kier molecular flexibility index (Phi) is 11.6. The minimum atomic E-state index is -0.464. The highest BCUT2D eigenvalue weighted by Gasteiger charge is 2.31. The number of hydrogen-bond donors (Lipinski definition) is 0. The lowest BCUT2D eigenvalue weighted by molar-refractivity contribution is -0.0617. The SMILES string of the molecule is CCOC(C)Oc1cccc([S+](c2cccc(OC(C)OCC)c2)c2cccc(OC(C)OCC)c2)c1. The molecule has 3 atom stereocenters. The van der Waals surface area contributed by atoms with E-state index >= 15 is 0 Å². The summed E-state index contributed by atoms with van der Waals surface area (Å²) in [6.07, 6.45) is -1.01. The van der Waals surface area contributed by atoms with E-state index in [-0.39, 0.29) is 18.9 Å². The predicted molar refractivity (Wildman–Crippen MR) is 147 cm³/mol. The second-order valence-corrected chi connectivity index (χ2v) is 10.2. The maximum atomic E-state index is 6.02. The minimum absolute atomic E-state index is 0.337. The number of hydrogen-bond acceptors (Lipinski definition) is 6. The Labute approximate surface area is 224 Å². The molecule has 0 radical (unpaired) electrons. The molecule has 3 aromatic rings. The molecule has 0 heterocycles. The van der Waals surface area contributed by atoms with Gasteiger partial charge in [0.2, 0.25) is 0 Å². The van der Waals surface area contributed by atoms with Crippen LogP contribution in [0.25, 0.3) is 0 Å². The second kappa shape index (κ2) is 14.9. The third-order valence-corrected chi connectivity index (χ3v) is 7.41. The van der Waals surface area contributed by atoms with Crippen molar-refractivity contribution in [1.82, 2.24) is 0 Å². The summed E-state index contributed by atoms with van der Waals surface area (Å²) in [5.41, 5.74) is 0. The summed E-state index contributed by atoms with van der Waals surface area (Å²) in [5, 5.41) is 0. The van der Waals surface area contributed by atoms with E-state index in [0.717, 1.165) is 31.9 Å². The summed E-state index contributed by atoms with van der Waals surface area (Å²) in [6, 6.07) is 24.5. The molecule has 0 aromatic heterocycles. The fraction of sp³-hybridized carbons (Fsp3) is 0.400. The van der Waals surface area contributed by atoms with E-state index in [1.165, 1.54) is 0 Å². The Hall–Kier alpha value is -2.71. The van der Waals surface area contributed by atoms with E-state index in [1.807, 2.05) is 77.9 Å². The average Bonchev–Trinajstić information content (AvgIpc) is 2.85.